The van der Waals surface area contributed by atoms with Gasteiger partial charge in [0.1, 0.15) is 6.04 Å². The van der Waals surface area contributed by atoms with Crippen molar-refractivity contribution in [3.05, 3.63) is 57.6 Å². The topological polar surface area (TPSA) is 89.0 Å². The number of nitrogens with zero attached hydrogens (tertiary/aromatic N) is 1. The lowest BCUT2D eigenvalue weighted by molar-refractivity contribution is -0.123. The van der Waals surface area contributed by atoms with E-state index in [4.69, 9.17) is 32.7 Å². The number of rotatable bonds is 10. The average Bonchev–Trinajstić information content (AvgIpc) is 2.75. The zero-order valence-electron chi connectivity index (χ0n) is 19.3. The third-order valence-corrected chi connectivity index (χ3v) is 5.18. The van der Waals surface area contributed by atoms with Crippen molar-refractivity contribution >= 4 is 41.2 Å². The Labute approximate surface area is 204 Å². The quantitative estimate of drug-likeness (QED) is 0.356. The lowest BCUT2D eigenvalue weighted by Crippen LogP contribution is -2.48. The first-order chi connectivity index (χ1) is 15.6. The maximum Gasteiger partial charge on any atom is 0.262 e. The Balaban J connectivity index is 2.07. The van der Waals surface area contributed by atoms with Gasteiger partial charge in [0.2, 0.25) is 0 Å². The first-order valence-corrected chi connectivity index (χ1v) is 11.4. The van der Waals surface area contributed by atoms with Gasteiger partial charge >= 0.3 is 0 Å². The zero-order chi connectivity index (χ0) is 24.5. The molecule has 0 saturated carbocycles. The van der Waals surface area contributed by atoms with Crippen molar-refractivity contribution in [2.24, 2.45) is 11.0 Å². The van der Waals surface area contributed by atoms with Gasteiger partial charge in [0.05, 0.1) is 29.0 Å². The van der Waals surface area contributed by atoms with Gasteiger partial charge in [0, 0.05) is 5.56 Å². The normalized spacial score (nSPS) is 12.2. The van der Waals surface area contributed by atoms with Crippen LogP contribution in [0.1, 0.15) is 50.5 Å². The number of halogens is 2. The molecule has 2 amide bonds. The van der Waals surface area contributed by atoms with Crippen LogP contribution in [0, 0.1) is 5.92 Å². The molecule has 0 heterocycles. The van der Waals surface area contributed by atoms with Gasteiger partial charge in [-0.15, -0.1) is 0 Å². The average molecular weight is 494 g/mol. The predicted molar refractivity (Wildman–Crippen MR) is 132 cm³/mol. The molecule has 0 aromatic heterocycles. The number of carbonyl (C=O) groups is 2. The van der Waals surface area contributed by atoms with Gasteiger partial charge in [-0.25, -0.2) is 5.43 Å². The van der Waals surface area contributed by atoms with Crippen LogP contribution < -0.4 is 20.2 Å². The molecule has 178 valence electrons. The van der Waals surface area contributed by atoms with Gasteiger partial charge in [-0.2, -0.15) is 5.10 Å². The largest absolute Gasteiger partial charge is 0.490 e. The first-order valence-electron chi connectivity index (χ1n) is 10.6. The van der Waals surface area contributed by atoms with E-state index in [0.29, 0.717) is 28.7 Å². The Bertz CT molecular complexity index is 1010. The molecule has 2 N–H and O–H groups in total. The second-order valence-electron chi connectivity index (χ2n) is 7.86. The van der Waals surface area contributed by atoms with Crippen molar-refractivity contribution in [2.45, 2.75) is 46.8 Å². The number of hydrogen-bond acceptors (Lipinski definition) is 5. The summed E-state index contributed by atoms with van der Waals surface area (Å²) in [6, 6.07) is 9.11. The molecule has 1 unspecified atom stereocenters. The van der Waals surface area contributed by atoms with E-state index >= 15 is 0 Å². The van der Waals surface area contributed by atoms with Crippen LogP contribution in [0.5, 0.6) is 11.5 Å². The lowest BCUT2D eigenvalue weighted by Gasteiger charge is -2.20. The number of nitrogens with one attached hydrogen (secondary N) is 2. The van der Waals surface area contributed by atoms with Crippen LogP contribution in [0.2, 0.25) is 10.0 Å². The monoisotopic (exact) mass is 493 g/mol. The van der Waals surface area contributed by atoms with Gasteiger partial charge < -0.3 is 14.8 Å². The third kappa shape index (κ3) is 7.94. The molecule has 33 heavy (non-hydrogen) atoms. The molecular formula is C24H29Cl2N3O4. The van der Waals surface area contributed by atoms with E-state index < -0.39 is 17.9 Å². The predicted octanol–water partition coefficient (Wildman–Crippen LogP) is 5.08. The highest BCUT2D eigenvalue weighted by molar-refractivity contribution is 6.42. The zero-order valence-corrected chi connectivity index (χ0v) is 20.8. The number of hydrazone groups is 1. The van der Waals surface area contributed by atoms with Gasteiger partial charge in [0.15, 0.2) is 11.5 Å². The van der Waals surface area contributed by atoms with Crippen LogP contribution in [-0.4, -0.2) is 36.8 Å². The smallest absolute Gasteiger partial charge is 0.262 e. The molecule has 9 heteroatoms. The second-order valence-corrected chi connectivity index (χ2v) is 8.68. The van der Waals surface area contributed by atoms with E-state index in [2.05, 4.69) is 15.8 Å². The summed E-state index contributed by atoms with van der Waals surface area (Å²) in [4.78, 5) is 25.2. The molecule has 0 fully saturated rings. The molecule has 2 aromatic carbocycles. The van der Waals surface area contributed by atoms with Crippen molar-refractivity contribution in [1.82, 2.24) is 10.7 Å². The van der Waals surface area contributed by atoms with E-state index in [1.54, 1.807) is 18.2 Å². The molecular weight excluding hydrogens is 465 g/mol. The number of ether oxygens (including phenoxy) is 2. The Morgan fingerprint density at radius 3 is 2.36 bits per heavy atom. The van der Waals surface area contributed by atoms with E-state index in [1.807, 2.05) is 40.7 Å². The van der Waals surface area contributed by atoms with Crippen molar-refractivity contribution < 1.29 is 19.1 Å². The van der Waals surface area contributed by atoms with E-state index in [0.717, 1.165) is 5.56 Å². The molecule has 2 aromatic rings. The van der Waals surface area contributed by atoms with Gasteiger partial charge in [-0.1, -0.05) is 37.0 Å². The van der Waals surface area contributed by atoms with Crippen LogP contribution in [0.25, 0.3) is 0 Å². The number of hydrogen-bond donors (Lipinski definition) is 2. The van der Waals surface area contributed by atoms with E-state index in [9.17, 15) is 9.59 Å². The minimum Gasteiger partial charge on any atom is -0.490 e. The fourth-order valence-corrected chi connectivity index (χ4v) is 3.16. The number of carbonyl (C=O) groups excluding carboxylic acids is 2. The Kier molecular flexibility index (Phi) is 10.0. The second kappa shape index (κ2) is 12.5. The van der Waals surface area contributed by atoms with Gasteiger partial charge in [-0.05, 0) is 68.7 Å². The molecule has 7 nitrogen and oxygen atoms in total. The van der Waals surface area contributed by atoms with Crippen molar-refractivity contribution in [3.63, 3.8) is 0 Å². The maximum atomic E-state index is 12.7. The fourth-order valence-electron chi connectivity index (χ4n) is 2.86. The van der Waals surface area contributed by atoms with Gasteiger partial charge in [-0.3, -0.25) is 9.59 Å². The summed E-state index contributed by atoms with van der Waals surface area (Å²) >= 11 is 11.9. The molecule has 0 spiro atoms. The summed E-state index contributed by atoms with van der Waals surface area (Å²) in [5, 5.41) is 7.35. The molecule has 0 bridgehead atoms. The summed E-state index contributed by atoms with van der Waals surface area (Å²) in [5.41, 5.74) is 3.51. The lowest BCUT2D eigenvalue weighted by atomic mass is 10.0. The summed E-state index contributed by atoms with van der Waals surface area (Å²) in [5.74, 6) is 0.172. The highest BCUT2D eigenvalue weighted by Crippen LogP contribution is 2.29. The fraction of sp³-hybridized carbons (Fsp3) is 0.375. The third-order valence-electron chi connectivity index (χ3n) is 4.44. The summed E-state index contributed by atoms with van der Waals surface area (Å²) in [7, 11) is 0. The molecule has 1 atom stereocenters. The van der Waals surface area contributed by atoms with Crippen LogP contribution in [0.3, 0.4) is 0 Å². The molecule has 0 aliphatic carbocycles. The van der Waals surface area contributed by atoms with Crippen LogP contribution in [0.4, 0.5) is 0 Å². The van der Waals surface area contributed by atoms with E-state index in [-0.39, 0.29) is 17.0 Å². The summed E-state index contributed by atoms with van der Waals surface area (Å²) in [6.45, 7) is 9.90. The number of amides is 2. The maximum absolute atomic E-state index is 12.7. The van der Waals surface area contributed by atoms with Crippen molar-refractivity contribution in [2.75, 3.05) is 6.61 Å². The molecule has 0 aliphatic heterocycles. The molecule has 0 saturated heterocycles. The highest BCUT2D eigenvalue weighted by atomic mass is 35.5. The molecule has 0 radical (unpaired) electrons. The van der Waals surface area contributed by atoms with Crippen LogP contribution >= 0.6 is 23.2 Å². The van der Waals surface area contributed by atoms with Crippen molar-refractivity contribution in [3.8, 4) is 11.5 Å². The number of benzene rings is 2. The minimum atomic E-state index is -0.801. The SMILES string of the molecule is CCOc1cc(C=NNC(=O)C(NC(=O)c2ccc(Cl)c(Cl)c2)C(C)C)ccc1OC(C)C. The Morgan fingerprint density at radius 2 is 1.76 bits per heavy atom. The summed E-state index contributed by atoms with van der Waals surface area (Å²) < 4.78 is 11.4. The standard InChI is InChI=1S/C24H29Cl2N3O4/c1-6-32-21-11-16(7-10-20(21)33-15(4)5)13-27-29-24(31)22(14(2)3)28-23(30)17-8-9-18(25)19(26)12-17/h7-15,22H,6H2,1-5H3,(H,28,30)(H,29,31). The minimum absolute atomic E-state index is 0.00934. The highest BCUT2D eigenvalue weighted by Gasteiger charge is 2.24. The van der Waals surface area contributed by atoms with Crippen molar-refractivity contribution in [1.29, 1.82) is 0 Å². The van der Waals surface area contributed by atoms with Crippen LogP contribution in [0.15, 0.2) is 41.5 Å². The molecule has 2 rings (SSSR count). The molecule has 0 aliphatic rings. The summed E-state index contributed by atoms with van der Waals surface area (Å²) in [6.07, 6.45) is 1.51. The first kappa shape index (κ1) is 26.5. The Hall–Kier alpha value is -2.77. The Morgan fingerprint density at radius 1 is 1.03 bits per heavy atom. The van der Waals surface area contributed by atoms with Gasteiger partial charge in [0.25, 0.3) is 11.8 Å². The van der Waals surface area contributed by atoms with Crippen LogP contribution in [-0.2, 0) is 4.79 Å². The van der Waals surface area contributed by atoms with E-state index in [1.165, 1.54) is 18.3 Å².